The molecule has 0 radical (unpaired) electrons. The summed E-state index contributed by atoms with van der Waals surface area (Å²) >= 11 is 0. The summed E-state index contributed by atoms with van der Waals surface area (Å²) in [4.78, 5) is 36.0. The van der Waals surface area contributed by atoms with Crippen molar-refractivity contribution in [1.82, 2.24) is 19.1 Å². The predicted octanol–water partition coefficient (Wildman–Crippen LogP) is 4.17. The third-order valence-corrected chi connectivity index (χ3v) is 11.8. The monoisotopic (exact) mass is 727 g/mol. The summed E-state index contributed by atoms with van der Waals surface area (Å²) in [5.41, 5.74) is 1.83. The third kappa shape index (κ3) is 10.1. The molecule has 0 aliphatic carbocycles. The maximum atomic E-state index is 15.0. The summed E-state index contributed by atoms with van der Waals surface area (Å²) in [6.07, 6.45) is 6.51. The molecule has 12 nitrogen and oxygen atoms in total. The summed E-state index contributed by atoms with van der Waals surface area (Å²) in [6, 6.07) is 7.75. The van der Waals surface area contributed by atoms with Crippen molar-refractivity contribution in [3.8, 4) is 0 Å². The number of ether oxygens (including phenoxy) is 2. The van der Waals surface area contributed by atoms with Crippen LogP contribution in [0.25, 0.3) is 6.08 Å². The van der Waals surface area contributed by atoms with Crippen LogP contribution in [0, 0.1) is 17.7 Å². The van der Waals surface area contributed by atoms with E-state index in [1.165, 1.54) is 34.9 Å². The van der Waals surface area contributed by atoms with Gasteiger partial charge in [0, 0.05) is 76.4 Å². The molecule has 278 valence electrons. The number of cyclic esters (lactones) is 1. The van der Waals surface area contributed by atoms with E-state index in [0.717, 1.165) is 13.1 Å². The molecule has 1 aromatic carbocycles. The molecule has 0 spiro atoms. The van der Waals surface area contributed by atoms with Gasteiger partial charge in [-0.2, -0.15) is 4.31 Å². The van der Waals surface area contributed by atoms with Gasteiger partial charge in [-0.15, -0.1) is 0 Å². The highest BCUT2D eigenvalue weighted by atomic mass is 32.2. The first kappa shape index (κ1) is 38.4. The van der Waals surface area contributed by atoms with E-state index in [1.54, 1.807) is 17.0 Å². The first-order valence-corrected chi connectivity index (χ1v) is 19.1. The SMILES string of the molecule is C/C(=C\c1cc(F)cc(N2CCN(S(=O)(=O)c3cccnc3)CC2)c1)[C@H]1OC(=O)C[C@H](O)CC[C@H](C)[C@H](OC(=O)N2CCN(C)CC2)/C=C/[C@@H]1C. The van der Waals surface area contributed by atoms with Gasteiger partial charge in [0.25, 0.3) is 0 Å². The summed E-state index contributed by atoms with van der Waals surface area (Å²) in [7, 11) is -1.67. The Morgan fingerprint density at radius 3 is 2.45 bits per heavy atom. The molecule has 1 aromatic heterocycles. The number of likely N-dealkylation sites (N-methyl/N-ethyl adjacent to an activating group) is 1. The van der Waals surface area contributed by atoms with Crippen molar-refractivity contribution in [1.29, 1.82) is 0 Å². The van der Waals surface area contributed by atoms with Gasteiger partial charge >= 0.3 is 12.1 Å². The number of benzene rings is 1. The first-order chi connectivity index (χ1) is 24.3. The second kappa shape index (κ2) is 17.1. The van der Waals surface area contributed by atoms with Crippen LogP contribution in [0.4, 0.5) is 14.9 Å². The molecule has 1 amide bonds. The third-order valence-electron chi connectivity index (χ3n) is 9.88. The van der Waals surface area contributed by atoms with Crippen LogP contribution in [0.5, 0.6) is 0 Å². The molecule has 0 bridgehead atoms. The minimum atomic E-state index is -3.69. The number of aliphatic hydroxyl groups excluding tert-OH is 1. The number of esters is 1. The second-order valence-corrected chi connectivity index (χ2v) is 15.9. The number of halogens is 1. The highest BCUT2D eigenvalue weighted by Crippen LogP contribution is 2.28. The number of sulfonamides is 1. The second-order valence-electron chi connectivity index (χ2n) is 13.9. The molecule has 2 fully saturated rings. The summed E-state index contributed by atoms with van der Waals surface area (Å²) < 4.78 is 54.5. The van der Waals surface area contributed by atoms with Crippen molar-refractivity contribution in [2.24, 2.45) is 11.8 Å². The number of nitrogens with zero attached hydrogens (tertiary/aromatic N) is 5. The topological polar surface area (TPSA) is 133 Å². The molecule has 5 rings (SSSR count). The van der Waals surface area contributed by atoms with Crippen LogP contribution >= 0.6 is 0 Å². The predicted molar refractivity (Wildman–Crippen MR) is 192 cm³/mol. The number of anilines is 1. The van der Waals surface area contributed by atoms with E-state index < -0.39 is 40.1 Å². The molecule has 0 unspecified atom stereocenters. The van der Waals surface area contributed by atoms with Crippen molar-refractivity contribution < 1.29 is 37.0 Å². The van der Waals surface area contributed by atoms with E-state index in [9.17, 15) is 23.1 Å². The Labute approximate surface area is 300 Å². The fourth-order valence-electron chi connectivity index (χ4n) is 6.67. The Hall–Kier alpha value is -3.85. The zero-order valence-electron chi connectivity index (χ0n) is 29.9. The molecule has 1 N–H and O–H groups in total. The Bertz CT molecular complexity index is 1680. The Kier molecular flexibility index (Phi) is 12.9. The van der Waals surface area contributed by atoms with Gasteiger partial charge in [0.2, 0.25) is 10.0 Å². The average molecular weight is 728 g/mol. The van der Waals surface area contributed by atoms with Crippen LogP contribution in [-0.2, 0) is 24.3 Å². The van der Waals surface area contributed by atoms with Crippen LogP contribution in [-0.4, -0.2) is 122 Å². The maximum Gasteiger partial charge on any atom is 0.410 e. The molecule has 4 heterocycles. The smallest absolute Gasteiger partial charge is 0.410 e. The number of piperazine rings is 2. The van der Waals surface area contributed by atoms with Gasteiger partial charge in [0.1, 0.15) is 22.9 Å². The van der Waals surface area contributed by atoms with Crippen LogP contribution < -0.4 is 4.90 Å². The number of amides is 1. The molecular formula is C37H50FN5O7S. The number of carbonyl (C=O) groups is 2. The van der Waals surface area contributed by atoms with Gasteiger partial charge < -0.3 is 29.3 Å². The maximum absolute atomic E-state index is 15.0. The Balaban J connectivity index is 1.32. The van der Waals surface area contributed by atoms with Gasteiger partial charge in [0.05, 0.1) is 12.5 Å². The fraction of sp³-hybridized carbons (Fsp3) is 0.541. The average Bonchev–Trinajstić information content (AvgIpc) is 3.11. The molecule has 2 aromatic rings. The normalized spacial score (nSPS) is 27.2. The summed E-state index contributed by atoms with van der Waals surface area (Å²) in [5.74, 6) is -1.44. The van der Waals surface area contributed by atoms with Crippen LogP contribution in [0.15, 0.2) is 65.3 Å². The Morgan fingerprint density at radius 2 is 1.76 bits per heavy atom. The number of rotatable bonds is 6. The van der Waals surface area contributed by atoms with Crippen molar-refractivity contribution in [3.63, 3.8) is 0 Å². The standard InChI is InChI=1S/C37H50FN5O7S/c1-26-7-9-32(44)24-35(45)50-36(27(2)8-10-34(26)49-37(46)42-14-12-40(4)13-15-42)28(3)20-29-21-30(38)23-31(22-29)41-16-18-43(19-17-41)51(47,48)33-6-5-11-39-25-33/h5-6,8,10-11,20-23,25-27,32,34,36,44H,7,9,12-19,24H2,1-4H3/b10-8+,28-20+/t26-,27-,32+,34+,36-/m0/s1. The van der Waals surface area contributed by atoms with E-state index in [0.29, 0.717) is 55.8 Å². The quantitative estimate of drug-likeness (QED) is 0.342. The van der Waals surface area contributed by atoms with Crippen LogP contribution in [0.3, 0.4) is 0 Å². The molecule has 2 saturated heterocycles. The van der Waals surface area contributed by atoms with E-state index in [4.69, 9.17) is 9.47 Å². The van der Waals surface area contributed by atoms with Crippen molar-refractivity contribution in [2.45, 2.75) is 63.2 Å². The molecule has 5 atom stereocenters. The zero-order chi connectivity index (χ0) is 36.7. The number of carbonyl (C=O) groups excluding carboxylic acids is 2. The van der Waals surface area contributed by atoms with Crippen molar-refractivity contribution >= 4 is 33.8 Å². The van der Waals surface area contributed by atoms with Gasteiger partial charge in [-0.05, 0) is 80.3 Å². The molecule has 3 aliphatic heterocycles. The molecule has 51 heavy (non-hydrogen) atoms. The van der Waals surface area contributed by atoms with Crippen LogP contribution in [0.1, 0.15) is 45.6 Å². The van der Waals surface area contributed by atoms with Crippen molar-refractivity contribution in [2.75, 3.05) is 64.3 Å². The molecule has 14 heteroatoms. The van der Waals surface area contributed by atoms with E-state index >= 15 is 4.39 Å². The molecule has 3 aliphatic rings. The Morgan fingerprint density at radius 1 is 1.04 bits per heavy atom. The highest BCUT2D eigenvalue weighted by Gasteiger charge is 2.31. The fourth-order valence-corrected chi connectivity index (χ4v) is 8.06. The van der Waals surface area contributed by atoms with Crippen molar-refractivity contribution in [3.05, 3.63) is 71.8 Å². The van der Waals surface area contributed by atoms with Gasteiger partial charge in [-0.1, -0.05) is 26.0 Å². The largest absolute Gasteiger partial charge is 0.457 e. The lowest BCUT2D eigenvalue weighted by molar-refractivity contribution is -0.151. The van der Waals surface area contributed by atoms with Gasteiger partial charge in [-0.25, -0.2) is 17.6 Å². The first-order valence-electron chi connectivity index (χ1n) is 17.6. The van der Waals surface area contributed by atoms with E-state index in [2.05, 4.69) is 9.88 Å². The lowest BCUT2D eigenvalue weighted by atomic mass is 9.91. The number of pyridine rings is 1. The number of aromatic nitrogens is 1. The summed E-state index contributed by atoms with van der Waals surface area (Å²) in [5, 5.41) is 10.7. The molecule has 0 saturated carbocycles. The minimum absolute atomic E-state index is 0.104. The highest BCUT2D eigenvalue weighted by molar-refractivity contribution is 7.89. The number of hydrogen-bond donors (Lipinski definition) is 1. The van der Waals surface area contributed by atoms with E-state index in [1.807, 2.05) is 50.9 Å². The zero-order valence-corrected chi connectivity index (χ0v) is 30.7. The van der Waals surface area contributed by atoms with Gasteiger partial charge in [0.15, 0.2) is 0 Å². The van der Waals surface area contributed by atoms with E-state index in [-0.39, 0.29) is 42.3 Å². The lowest BCUT2D eigenvalue weighted by Crippen LogP contribution is -2.48. The number of aliphatic hydroxyl groups is 1. The number of hydrogen-bond acceptors (Lipinski definition) is 10. The minimum Gasteiger partial charge on any atom is -0.457 e. The van der Waals surface area contributed by atoms with Gasteiger partial charge in [-0.3, -0.25) is 9.78 Å². The summed E-state index contributed by atoms with van der Waals surface area (Å²) in [6.45, 7) is 9.60. The molecular weight excluding hydrogens is 678 g/mol. The van der Waals surface area contributed by atoms with Crippen LogP contribution in [0.2, 0.25) is 0 Å². The lowest BCUT2D eigenvalue weighted by Gasteiger charge is -2.35.